The van der Waals surface area contributed by atoms with Crippen molar-refractivity contribution in [2.45, 2.75) is 51.6 Å². The minimum absolute atomic E-state index is 0. The summed E-state index contributed by atoms with van der Waals surface area (Å²) in [5.74, 6) is 0.233. The van der Waals surface area contributed by atoms with Crippen LogP contribution in [0.4, 0.5) is 5.69 Å². The quantitative estimate of drug-likeness (QED) is 0.689. The topological polar surface area (TPSA) is 23.6 Å². The van der Waals surface area contributed by atoms with Gasteiger partial charge in [0.1, 0.15) is 0 Å². The van der Waals surface area contributed by atoms with Crippen LogP contribution < -0.4 is 4.90 Å². The van der Waals surface area contributed by atoms with E-state index in [2.05, 4.69) is 41.5 Å². The summed E-state index contributed by atoms with van der Waals surface area (Å²) in [5.41, 5.74) is 1.04. The molecule has 26 heavy (non-hydrogen) atoms. The van der Waals surface area contributed by atoms with Crippen LogP contribution in [0.2, 0.25) is 0 Å². The Morgan fingerprint density at radius 3 is 2.46 bits per heavy atom. The van der Waals surface area contributed by atoms with Crippen LogP contribution in [0.1, 0.15) is 38.0 Å². The Kier molecular flexibility index (Phi) is 8.14. The van der Waals surface area contributed by atoms with E-state index in [0.717, 1.165) is 38.0 Å². The van der Waals surface area contributed by atoms with Crippen molar-refractivity contribution in [2.24, 2.45) is 0 Å². The average molecular weight is 393 g/mol. The maximum absolute atomic E-state index is 12.6. The normalized spacial score (nSPS) is 16.7. The van der Waals surface area contributed by atoms with Crippen LogP contribution in [0, 0.1) is 0 Å². The van der Waals surface area contributed by atoms with Crippen molar-refractivity contribution in [3.05, 3.63) is 52.7 Å². The van der Waals surface area contributed by atoms with Gasteiger partial charge in [-0.2, -0.15) is 0 Å². The summed E-state index contributed by atoms with van der Waals surface area (Å²) in [6, 6.07) is 15.4. The van der Waals surface area contributed by atoms with Crippen molar-refractivity contribution in [1.29, 1.82) is 0 Å². The predicted molar refractivity (Wildman–Crippen MR) is 114 cm³/mol. The number of hydrogen-bond acceptors (Lipinski definition) is 3. The Morgan fingerprint density at radius 1 is 1.19 bits per heavy atom. The smallest absolute Gasteiger partial charge is 0.226 e. The molecule has 0 aliphatic carbocycles. The van der Waals surface area contributed by atoms with E-state index in [-0.39, 0.29) is 18.3 Å². The second-order valence-corrected chi connectivity index (χ2v) is 7.88. The van der Waals surface area contributed by atoms with E-state index in [1.807, 2.05) is 41.4 Å². The Labute approximate surface area is 167 Å². The van der Waals surface area contributed by atoms with Gasteiger partial charge in [0.25, 0.3) is 0 Å². The van der Waals surface area contributed by atoms with Gasteiger partial charge in [-0.3, -0.25) is 4.79 Å². The number of carbonyl (C=O) groups is 1. The van der Waals surface area contributed by atoms with Crippen LogP contribution in [0.25, 0.3) is 0 Å². The highest BCUT2D eigenvalue weighted by Crippen LogP contribution is 2.26. The van der Waals surface area contributed by atoms with Crippen molar-refractivity contribution >= 4 is 35.3 Å². The summed E-state index contributed by atoms with van der Waals surface area (Å²) in [6.07, 6.45) is 3.79. The molecule has 1 saturated heterocycles. The monoisotopic (exact) mass is 392 g/mol. The van der Waals surface area contributed by atoms with E-state index < -0.39 is 0 Å². The summed E-state index contributed by atoms with van der Waals surface area (Å²) < 4.78 is 0. The van der Waals surface area contributed by atoms with Crippen LogP contribution in [0.5, 0.6) is 0 Å². The first-order valence-electron chi connectivity index (χ1n) is 9.32. The van der Waals surface area contributed by atoms with E-state index in [9.17, 15) is 4.79 Å². The molecule has 1 unspecified atom stereocenters. The molecule has 0 saturated carbocycles. The summed E-state index contributed by atoms with van der Waals surface area (Å²) in [7, 11) is 0. The molecule has 1 aliphatic rings. The number of benzene rings is 1. The van der Waals surface area contributed by atoms with E-state index in [1.165, 1.54) is 4.88 Å². The molecule has 5 heteroatoms. The average Bonchev–Trinajstić information content (AvgIpc) is 3.16. The SMILES string of the molecule is CCC(=O)N(c1ccccc1)C1CCN(C(C)Cc2cccs2)CC1.Cl. The van der Waals surface area contributed by atoms with Gasteiger partial charge in [0.15, 0.2) is 0 Å². The number of rotatable bonds is 6. The third-order valence-corrected chi connectivity index (χ3v) is 6.07. The van der Waals surface area contributed by atoms with Crippen LogP contribution in [0.15, 0.2) is 47.8 Å². The van der Waals surface area contributed by atoms with E-state index in [4.69, 9.17) is 0 Å². The fourth-order valence-corrected chi connectivity index (χ4v) is 4.58. The van der Waals surface area contributed by atoms with Crippen molar-refractivity contribution < 1.29 is 4.79 Å². The van der Waals surface area contributed by atoms with Crippen LogP contribution >= 0.6 is 23.7 Å². The maximum Gasteiger partial charge on any atom is 0.226 e. The first kappa shape index (κ1) is 20.9. The number of nitrogens with zero attached hydrogens (tertiary/aromatic N) is 2. The fraction of sp³-hybridized carbons (Fsp3) is 0.476. The molecule has 0 spiro atoms. The standard InChI is InChI=1S/C21H28N2OS.ClH/c1-3-21(24)23(18-8-5-4-6-9-18)19-11-13-22(14-12-19)17(2)16-20-10-7-15-25-20;/h4-10,15,17,19H,3,11-14,16H2,1-2H3;1H. The van der Waals surface area contributed by atoms with Gasteiger partial charge in [-0.1, -0.05) is 31.2 Å². The highest BCUT2D eigenvalue weighted by Gasteiger charge is 2.29. The summed E-state index contributed by atoms with van der Waals surface area (Å²) in [4.78, 5) is 18.6. The number of para-hydroxylation sites is 1. The lowest BCUT2D eigenvalue weighted by atomic mass is 9.99. The highest BCUT2D eigenvalue weighted by molar-refractivity contribution is 7.09. The molecular formula is C21H29ClN2OS. The third-order valence-electron chi connectivity index (χ3n) is 5.17. The van der Waals surface area contributed by atoms with Gasteiger partial charge in [0.2, 0.25) is 5.91 Å². The molecule has 3 rings (SSSR count). The second kappa shape index (κ2) is 10.1. The number of amides is 1. The molecule has 1 aliphatic heterocycles. The van der Waals surface area contributed by atoms with Crippen LogP contribution in [-0.2, 0) is 11.2 Å². The van der Waals surface area contributed by atoms with E-state index in [0.29, 0.717) is 18.5 Å². The molecule has 0 N–H and O–H groups in total. The van der Waals surface area contributed by atoms with Gasteiger partial charge in [-0.25, -0.2) is 0 Å². The molecule has 1 fully saturated rings. The lowest BCUT2D eigenvalue weighted by Crippen LogP contribution is -2.49. The van der Waals surface area contributed by atoms with Gasteiger partial charge in [0.05, 0.1) is 0 Å². The number of likely N-dealkylation sites (tertiary alicyclic amines) is 1. The van der Waals surface area contributed by atoms with Gasteiger partial charge in [0, 0.05) is 42.2 Å². The largest absolute Gasteiger partial charge is 0.309 e. The first-order valence-corrected chi connectivity index (χ1v) is 10.2. The molecular weight excluding hydrogens is 364 g/mol. The van der Waals surface area contributed by atoms with Crippen LogP contribution in [-0.4, -0.2) is 36.0 Å². The molecule has 1 aromatic heterocycles. The Balaban J connectivity index is 0.00000243. The van der Waals surface area contributed by atoms with E-state index >= 15 is 0 Å². The fourth-order valence-electron chi connectivity index (χ4n) is 3.75. The maximum atomic E-state index is 12.6. The zero-order valence-corrected chi connectivity index (χ0v) is 17.3. The third kappa shape index (κ3) is 5.09. The highest BCUT2D eigenvalue weighted by atomic mass is 35.5. The lowest BCUT2D eigenvalue weighted by Gasteiger charge is -2.40. The second-order valence-electron chi connectivity index (χ2n) is 6.85. The zero-order chi connectivity index (χ0) is 17.6. The van der Waals surface area contributed by atoms with Gasteiger partial charge in [-0.05, 0) is 49.8 Å². The van der Waals surface area contributed by atoms with Crippen molar-refractivity contribution in [3.8, 4) is 0 Å². The Hall–Kier alpha value is -1.36. The number of carbonyl (C=O) groups excluding carboxylic acids is 1. The summed E-state index contributed by atoms with van der Waals surface area (Å²) in [6.45, 7) is 6.41. The van der Waals surface area contributed by atoms with Crippen LogP contribution in [0.3, 0.4) is 0 Å². The van der Waals surface area contributed by atoms with Gasteiger partial charge >= 0.3 is 0 Å². The number of piperidine rings is 1. The molecule has 0 bridgehead atoms. The molecule has 1 aromatic carbocycles. The van der Waals surface area contributed by atoms with Gasteiger partial charge in [-0.15, -0.1) is 23.7 Å². The molecule has 2 heterocycles. The lowest BCUT2D eigenvalue weighted by molar-refractivity contribution is -0.119. The van der Waals surface area contributed by atoms with Crippen molar-refractivity contribution in [2.75, 3.05) is 18.0 Å². The van der Waals surface area contributed by atoms with Gasteiger partial charge < -0.3 is 9.80 Å². The number of hydrogen-bond donors (Lipinski definition) is 0. The van der Waals surface area contributed by atoms with E-state index in [1.54, 1.807) is 0 Å². The molecule has 0 radical (unpaired) electrons. The number of anilines is 1. The molecule has 142 valence electrons. The first-order chi connectivity index (χ1) is 12.2. The summed E-state index contributed by atoms with van der Waals surface area (Å²) in [5, 5.41) is 2.16. The molecule has 1 amide bonds. The molecule has 1 atom stereocenters. The minimum Gasteiger partial charge on any atom is -0.309 e. The number of halogens is 1. The Morgan fingerprint density at radius 2 is 1.88 bits per heavy atom. The summed E-state index contributed by atoms with van der Waals surface area (Å²) >= 11 is 1.85. The molecule has 3 nitrogen and oxygen atoms in total. The minimum atomic E-state index is 0. The van der Waals surface area contributed by atoms with Crippen molar-refractivity contribution in [3.63, 3.8) is 0 Å². The van der Waals surface area contributed by atoms with Crippen molar-refractivity contribution in [1.82, 2.24) is 4.90 Å². The number of thiophene rings is 1. The zero-order valence-electron chi connectivity index (χ0n) is 15.6. The Bertz CT molecular complexity index is 654. The predicted octanol–water partition coefficient (Wildman–Crippen LogP) is 5.01. The molecule has 2 aromatic rings.